The maximum atomic E-state index is 14.8. The lowest BCUT2D eigenvalue weighted by Crippen LogP contribution is -2.26. The van der Waals surface area contributed by atoms with E-state index >= 15 is 0 Å². The Balaban J connectivity index is 1.78. The molecular formula is C30H29FN4O3. The third kappa shape index (κ3) is 5.73. The largest absolute Gasteiger partial charge is 0.481 e. The molecule has 194 valence electrons. The third-order valence-corrected chi connectivity index (χ3v) is 6.74. The number of hydrogen-bond acceptors (Lipinski definition) is 4. The zero-order valence-electron chi connectivity index (χ0n) is 21.3. The molecule has 8 heteroatoms. The van der Waals surface area contributed by atoms with Crippen molar-refractivity contribution >= 4 is 22.8 Å². The van der Waals surface area contributed by atoms with Gasteiger partial charge in [-0.25, -0.2) is 4.39 Å². The summed E-state index contributed by atoms with van der Waals surface area (Å²) in [6.07, 6.45) is 1.54. The number of aliphatic carboxylic acids is 1. The number of aryl methyl sites for hydroxylation is 1. The van der Waals surface area contributed by atoms with E-state index in [1.165, 1.54) is 6.07 Å². The number of fused-ring (bicyclic) bond motifs is 1. The van der Waals surface area contributed by atoms with Gasteiger partial charge in [-0.3, -0.25) is 14.7 Å². The van der Waals surface area contributed by atoms with Gasteiger partial charge in [-0.15, -0.1) is 0 Å². The van der Waals surface area contributed by atoms with Gasteiger partial charge in [-0.05, 0) is 54.7 Å². The monoisotopic (exact) mass is 512 g/mol. The molecular weight excluding hydrogens is 483 g/mol. The molecule has 0 aliphatic heterocycles. The Morgan fingerprint density at radius 3 is 2.42 bits per heavy atom. The molecule has 1 amide bonds. The van der Waals surface area contributed by atoms with Gasteiger partial charge in [0.1, 0.15) is 11.3 Å². The second kappa shape index (κ2) is 11.7. The zero-order chi connectivity index (χ0) is 27.2. The molecule has 2 atom stereocenters. The predicted octanol–water partition coefficient (Wildman–Crippen LogP) is 5.80. The molecule has 0 saturated carbocycles. The number of amides is 1. The first-order chi connectivity index (χ1) is 18.3. The molecule has 4 aromatic rings. The van der Waals surface area contributed by atoms with Gasteiger partial charge in [0.15, 0.2) is 0 Å². The highest BCUT2D eigenvalue weighted by atomic mass is 19.1. The van der Waals surface area contributed by atoms with Crippen molar-refractivity contribution in [2.24, 2.45) is 0 Å². The molecule has 0 saturated heterocycles. The molecule has 3 aromatic carbocycles. The number of nitrogens with zero attached hydrogens (tertiary/aromatic N) is 2. The molecule has 1 aromatic heterocycles. The van der Waals surface area contributed by atoms with Gasteiger partial charge >= 0.3 is 5.97 Å². The van der Waals surface area contributed by atoms with Gasteiger partial charge in [-0.1, -0.05) is 55.3 Å². The smallest absolute Gasteiger partial charge is 0.305 e. The van der Waals surface area contributed by atoms with Crippen molar-refractivity contribution in [3.05, 3.63) is 100.0 Å². The van der Waals surface area contributed by atoms with Crippen LogP contribution in [0.15, 0.2) is 60.7 Å². The molecule has 2 unspecified atom stereocenters. The van der Waals surface area contributed by atoms with Crippen LogP contribution in [0.3, 0.4) is 0 Å². The average Bonchev–Trinajstić information content (AvgIpc) is 3.33. The van der Waals surface area contributed by atoms with Gasteiger partial charge in [0.25, 0.3) is 5.91 Å². The minimum atomic E-state index is -0.974. The van der Waals surface area contributed by atoms with Crippen LogP contribution in [0.4, 0.5) is 4.39 Å². The van der Waals surface area contributed by atoms with Crippen LogP contribution in [0.1, 0.15) is 76.3 Å². The van der Waals surface area contributed by atoms with Crippen LogP contribution in [0.5, 0.6) is 0 Å². The van der Waals surface area contributed by atoms with Crippen LogP contribution in [0, 0.1) is 24.1 Å². The van der Waals surface area contributed by atoms with E-state index in [0.29, 0.717) is 16.6 Å². The molecule has 0 aliphatic rings. The number of carbonyl (C=O) groups is 2. The van der Waals surface area contributed by atoms with Gasteiger partial charge < -0.3 is 10.4 Å². The number of aromatic amines is 1. The Hall–Kier alpha value is -4.51. The van der Waals surface area contributed by atoms with Crippen molar-refractivity contribution in [1.82, 2.24) is 15.5 Å². The Bertz CT molecular complexity index is 1490. The maximum Gasteiger partial charge on any atom is 0.305 e. The number of hydrogen-bond donors (Lipinski definition) is 3. The van der Waals surface area contributed by atoms with Gasteiger partial charge in [0, 0.05) is 23.4 Å². The quantitative estimate of drug-likeness (QED) is 0.248. The molecule has 0 bridgehead atoms. The summed E-state index contributed by atoms with van der Waals surface area (Å²) in [6, 6.07) is 20.4. The first-order valence-electron chi connectivity index (χ1n) is 12.6. The summed E-state index contributed by atoms with van der Waals surface area (Å²) in [5.74, 6) is -2.12. The van der Waals surface area contributed by atoms with Crippen molar-refractivity contribution < 1.29 is 19.1 Å². The second-order valence-electron chi connectivity index (χ2n) is 9.41. The summed E-state index contributed by atoms with van der Waals surface area (Å²) in [5.41, 5.74) is 4.71. The van der Waals surface area contributed by atoms with E-state index < -0.39 is 11.8 Å². The highest BCUT2D eigenvalue weighted by Gasteiger charge is 2.30. The fraction of sp³-hybridized carbons (Fsp3) is 0.267. The fourth-order valence-corrected chi connectivity index (χ4v) is 4.86. The van der Waals surface area contributed by atoms with Crippen LogP contribution < -0.4 is 5.32 Å². The van der Waals surface area contributed by atoms with Crippen molar-refractivity contribution in [2.75, 3.05) is 6.54 Å². The number of nitrogens with one attached hydrogen (secondary N) is 2. The number of aromatic nitrogens is 2. The number of nitriles is 1. The number of carboxylic acid groups (broad SMARTS) is 1. The molecule has 0 spiro atoms. The summed E-state index contributed by atoms with van der Waals surface area (Å²) < 4.78 is 14.8. The number of carboxylic acids is 1. The summed E-state index contributed by atoms with van der Waals surface area (Å²) in [6.45, 7) is 4.16. The van der Waals surface area contributed by atoms with Crippen LogP contribution in [0.25, 0.3) is 10.9 Å². The lowest BCUT2D eigenvalue weighted by atomic mass is 9.76. The minimum Gasteiger partial charge on any atom is -0.481 e. The number of benzene rings is 3. The van der Waals surface area contributed by atoms with Crippen LogP contribution in [-0.4, -0.2) is 33.7 Å². The Morgan fingerprint density at radius 1 is 1.11 bits per heavy atom. The van der Waals surface area contributed by atoms with E-state index in [9.17, 15) is 19.2 Å². The molecule has 3 N–H and O–H groups in total. The van der Waals surface area contributed by atoms with E-state index in [1.807, 2.05) is 37.3 Å². The van der Waals surface area contributed by atoms with Crippen LogP contribution in [0.2, 0.25) is 0 Å². The van der Waals surface area contributed by atoms with E-state index in [0.717, 1.165) is 29.5 Å². The molecule has 0 radical (unpaired) electrons. The number of H-pyrrole nitrogens is 1. The van der Waals surface area contributed by atoms with Gasteiger partial charge in [0.05, 0.1) is 23.7 Å². The zero-order valence-corrected chi connectivity index (χ0v) is 21.3. The summed E-state index contributed by atoms with van der Waals surface area (Å²) >= 11 is 0. The molecule has 38 heavy (non-hydrogen) atoms. The molecule has 0 aliphatic carbocycles. The van der Waals surface area contributed by atoms with E-state index in [2.05, 4.69) is 34.6 Å². The second-order valence-corrected chi connectivity index (χ2v) is 9.41. The SMILES string of the molecule is CCCC(c1ccc(C(=O)NCCC(=O)O)cc1)C(c1ccc(C)cc1)c1n[nH]c2c(F)cc(C#N)cc12. The van der Waals surface area contributed by atoms with Crippen molar-refractivity contribution in [1.29, 1.82) is 5.26 Å². The summed E-state index contributed by atoms with van der Waals surface area (Å²) in [7, 11) is 0. The minimum absolute atomic E-state index is 0.0490. The van der Waals surface area contributed by atoms with E-state index in [1.54, 1.807) is 18.2 Å². The van der Waals surface area contributed by atoms with Crippen LogP contribution >= 0.6 is 0 Å². The predicted molar refractivity (Wildman–Crippen MR) is 142 cm³/mol. The van der Waals surface area contributed by atoms with Gasteiger partial charge in [-0.2, -0.15) is 10.4 Å². The van der Waals surface area contributed by atoms with Gasteiger partial charge in [0.2, 0.25) is 0 Å². The lowest BCUT2D eigenvalue weighted by Gasteiger charge is -2.27. The maximum absolute atomic E-state index is 14.8. The lowest BCUT2D eigenvalue weighted by molar-refractivity contribution is -0.136. The van der Waals surface area contributed by atoms with E-state index in [4.69, 9.17) is 5.11 Å². The Labute approximate surface area is 220 Å². The standard InChI is InChI=1S/C30H29FN4O3/c1-3-4-23(20-9-11-22(12-10-20)30(38)33-14-13-26(36)37)27(21-7-5-18(2)6-8-21)29-24-15-19(17-32)16-25(31)28(24)34-35-29/h5-12,15-16,23,27H,3-4,13-14H2,1-2H3,(H,33,38)(H,34,35)(H,36,37). The summed E-state index contributed by atoms with van der Waals surface area (Å²) in [5, 5.41) is 28.8. The number of halogens is 1. The first-order valence-corrected chi connectivity index (χ1v) is 12.6. The normalized spacial score (nSPS) is 12.6. The summed E-state index contributed by atoms with van der Waals surface area (Å²) in [4.78, 5) is 23.2. The Kier molecular flexibility index (Phi) is 8.17. The fourth-order valence-electron chi connectivity index (χ4n) is 4.86. The Morgan fingerprint density at radius 2 is 1.79 bits per heavy atom. The molecule has 4 rings (SSSR count). The van der Waals surface area contributed by atoms with E-state index in [-0.39, 0.29) is 41.8 Å². The van der Waals surface area contributed by atoms with Crippen molar-refractivity contribution in [2.45, 2.75) is 44.9 Å². The number of carbonyl (C=O) groups excluding carboxylic acids is 1. The molecule has 7 nitrogen and oxygen atoms in total. The highest BCUT2D eigenvalue weighted by Crippen LogP contribution is 2.43. The topological polar surface area (TPSA) is 119 Å². The molecule has 0 fully saturated rings. The average molecular weight is 513 g/mol. The first kappa shape index (κ1) is 26.6. The number of rotatable bonds is 10. The molecule has 1 heterocycles. The third-order valence-electron chi connectivity index (χ3n) is 6.74. The van der Waals surface area contributed by atoms with Crippen LogP contribution in [-0.2, 0) is 4.79 Å². The highest BCUT2D eigenvalue weighted by molar-refractivity contribution is 5.94. The van der Waals surface area contributed by atoms with Crippen molar-refractivity contribution in [3.8, 4) is 6.07 Å². The van der Waals surface area contributed by atoms with Crippen molar-refractivity contribution in [3.63, 3.8) is 0 Å².